The van der Waals surface area contributed by atoms with Crippen molar-refractivity contribution in [2.45, 2.75) is 45.2 Å². The first kappa shape index (κ1) is 12.6. The van der Waals surface area contributed by atoms with E-state index in [1.165, 1.54) is 11.1 Å². The maximum atomic E-state index is 5.65. The number of aryl methyl sites for hydroxylation is 1. The van der Waals surface area contributed by atoms with Crippen molar-refractivity contribution < 1.29 is 4.74 Å². The van der Waals surface area contributed by atoms with Gasteiger partial charge in [0, 0.05) is 11.6 Å². The number of ether oxygens (including phenoxy) is 1. The average Bonchev–Trinajstić information content (AvgIpc) is 2.29. The maximum Gasteiger partial charge on any atom is 0.0643 e. The SMILES string of the molecule is CCc1ccc(CC2COCC(C)(C)N2)cc1. The highest BCUT2D eigenvalue weighted by Crippen LogP contribution is 2.14. The fourth-order valence-electron chi connectivity index (χ4n) is 2.40. The minimum absolute atomic E-state index is 0.103. The van der Waals surface area contributed by atoms with Crippen molar-refractivity contribution in [2.24, 2.45) is 0 Å². The first-order valence-corrected chi connectivity index (χ1v) is 6.52. The third-order valence-corrected chi connectivity index (χ3v) is 3.29. The summed E-state index contributed by atoms with van der Waals surface area (Å²) in [4.78, 5) is 0. The molecule has 1 aromatic carbocycles. The van der Waals surface area contributed by atoms with Crippen molar-refractivity contribution in [1.29, 1.82) is 0 Å². The second-order valence-electron chi connectivity index (χ2n) is 5.61. The molecule has 1 fully saturated rings. The molecule has 1 aliphatic rings. The summed E-state index contributed by atoms with van der Waals surface area (Å²) in [6, 6.07) is 9.37. The molecule has 0 radical (unpaired) electrons. The average molecular weight is 233 g/mol. The number of hydrogen-bond acceptors (Lipinski definition) is 2. The number of morpholine rings is 1. The van der Waals surface area contributed by atoms with Crippen molar-refractivity contribution in [3.63, 3.8) is 0 Å². The molecule has 1 heterocycles. The van der Waals surface area contributed by atoms with Gasteiger partial charge in [0.1, 0.15) is 0 Å². The van der Waals surface area contributed by atoms with E-state index < -0.39 is 0 Å². The minimum atomic E-state index is 0.103. The molecule has 1 N–H and O–H groups in total. The monoisotopic (exact) mass is 233 g/mol. The van der Waals surface area contributed by atoms with Crippen molar-refractivity contribution >= 4 is 0 Å². The Morgan fingerprint density at radius 1 is 1.24 bits per heavy atom. The van der Waals surface area contributed by atoms with E-state index in [1.807, 2.05) is 0 Å². The molecule has 2 heteroatoms. The van der Waals surface area contributed by atoms with Gasteiger partial charge in [-0.05, 0) is 37.8 Å². The Labute approximate surface area is 104 Å². The summed E-state index contributed by atoms with van der Waals surface area (Å²) >= 11 is 0. The summed E-state index contributed by atoms with van der Waals surface area (Å²) in [6.07, 6.45) is 2.16. The van der Waals surface area contributed by atoms with E-state index in [0.717, 1.165) is 26.1 Å². The van der Waals surface area contributed by atoms with Crippen LogP contribution in [0, 0.1) is 0 Å². The van der Waals surface area contributed by atoms with E-state index in [4.69, 9.17) is 4.74 Å². The highest BCUT2D eigenvalue weighted by atomic mass is 16.5. The maximum absolute atomic E-state index is 5.65. The molecule has 0 bridgehead atoms. The summed E-state index contributed by atoms with van der Waals surface area (Å²) < 4.78 is 5.65. The van der Waals surface area contributed by atoms with Crippen molar-refractivity contribution in [3.8, 4) is 0 Å². The molecule has 0 saturated carbocycles. The number of nitrogens with one attached hydrogen (secondary N) is 1. The normalized spacial score (nSPS) is 23.6. The van der Waals surface area contributed by atoms with Crippen LogP contribution in [0.1, 0.15) is 31.9 Å². The van der Waals surface area contributed by atoms with Crippen LogP contribution in [0.5, 0.6) is 0 Å². The quantitative estimate of drug-likeness (QED) is 0.866. The molecule has 1 saturated heterocycles. The zero-order valence-corrected chi connectivity index (χ0v) is 11.1. The Morgan fingerprint density at radius 2 is 1.88 bits per heavy atom. The molecule has 1 unspecified atom stereocenters. The molecular formula is C15H23NO. The van der Waals surface area contributed by atoms with E-state index in [2.05, 4.69) is 50.4 Å². The van der Waals surface area contributed by atoms with Gasteiger partial charge < -0.3 is 10.1 Å². The van der Waals surface area contributed by atoms with E-state index in [1.54, 1.807) is 0 Å². The van der Waals surface area contributed by atoms with Crippen LogP contribution in [0.3, 0.4) is 0 Å². The molecule has 17 heavy (non-hydrogen) atoms. The standard InChI is InChI=1S/C15H23NO/c1-4-12-5-7-13(8-6-12)9-14-10-17-11-15(2,3)16-14/h5-8,14,16H,4,9-11H2,1-3H3. The fraction of sp³-hybridized carbons (Fsp3) is 0.600. The highest BCUT2D eigenvalue weighted by molar-refractivity contribution is 5.23. The molecule has 0 amide bonds. The van der Waals surface area contributed by atoms with Crippen LogP contribution in [0.15, 0.2) is 24.3 Å². The van der Waals surface area contributed by atoms with Gasteiger partial charge in [-0.1, -0.05) is 31.2 Å². The lowest BCUT2D eigenvalue weighted by molar-refractivity contribution is 0.0135. The predicted octanol–water partition coefficient (Wildman–Crippen LogP) is 2.56. The van der Waals surface area contributed by atoms with Crippen molar-refractivity contribution in [2.75, 3.05) is 13.2 Å². The van der Waals surface area contributed by atoms with Crippen LogP contribution in [0.2, 0.25) is 0 Å². The van der Waals surface area contributed by atoms with Crippen LogP contribution < -0.4 is 5.32 Å². The van der Waals surface area contributed by atoms with Gasteiger partial charge in [0.2, 0.25) is 0 Å². The zero-order chi connectivity index (χ0) is 12.3. The van der Waals surface area contributed by atoms with Gasteiger partial charge in [-0.25, -0.2) is 0 Å². The van der Waals surface area contributed by atoms with Gasteiger partial charge in [0.15, 0.2) is 0 Å². The van der Waals surface area contributed by atoms with Crippen LogP contribution in [-0.2, 0) is 17.6 Å². The Hall–Kier alpha value is -0.860. The van der Waals surface area contributed by atoms with E-state index in [9.17, 15) is 0 Å². The summed E-state index contributed by atoms with van der Waals surface area (Å²) in [6.45, 7) is 8.20. The first-order chi connectivity index (χ1) is 8.09. The topological polar surface area (TPSA) is 21.3 Å². The molecule has 1 aromatic rings. The molecule has 0 aromatic heterocycles. The van der Waals surface area contributed by atoms with E-state index in [-0.39, 0.29) is 5.54 Å². The van der Waals surface area contributed by atoms with Gasteiger partial charge in [0.05, 0.1) is 13.2 Å². The summed E-state index contributed by atoms with van der Waals surface area (Å²) in [5.41, 5.74) is 2.90. The molecule has 2 nitrogen and oxygen atoms in total. The molecule has 0 aliphatic carbocycles. The van der Waals surface area contributed by atoms with E-state index in [0.29, 0.717) is 6.04 Å². The lowest BCUT2D eigenvalue weighted by Crippen LogP contribution is -2.56. The fourth-order valence-corrected chi connectivity index (χ4v) is 2.40. The molecule has 94 valence electrons. The van der Waals surface area contributed by atoms with Crippen LogP contribution >= 0.6 is 0 Å². The lowest BCUT2D eigenvalue weighted by atomic mass is 9.98. The molecule has 1 atom stereocenters. The van der Waals surface area contributed by atoms with Crippen LogP contribution in [0.4, 0.5) is 0 Å². The molecule has 0 spiro atoms. The smallest absolute Gasteiger partial charge is 0.0643 e. The summed E-state index contributed by atoms with van der Waals surface area (Å²) in [7, 11) is 0. The van der Waals surface area contributed by atoms with Gasteiger partial charge in [-0.3, -0.25) is 0 Å². The Morgan fingerprint density at radius 3 is 2.47 bits per heavy atom. The van der Waals surface area contributed by atoms with Crippen molar-refractivity contribution in [3.05, 3.63) is 35.4 Å². The zero-order valence-electron chi connectivity index (χ0n) is 11.1. The van der Waals surface area contributed by atoms with Crippen LogP contribution in [0.25, 0.3) is 0 Å². The van der Waals surface area contributed by atoms with E-state index >= 15 is 0 Å². The lowest BCUT2D eigenvalue weighted by Gasteiger charge is -2.37. The number of rotatable bonds is 3. The predicted molar refractivity (Wildman–Crippen MR) is 71.3 cm³/mol. The van der Waals surface area contributed by atoms with Gasteiger partial charge >= 0.3 is 0 Å². The van der Waals surface area contributed by atoms with Gasteiger partial charge in [0.25, 0.3) is 0 Å². The van der Waals surface area contributed by atoms with Gasteiger partial charge in [-0.2, -0.15) is 0 Å². The summed E-state index contributed by atoms with van der Waals surface area (Å²) in [5, 5.41) is 3.64. The largest absolute Gasteiger partial charge is 0.378 e. The Bertz CT molecular complexity index is 356. The third kappa shape index (κ3) is 3.55. The first-order valence-electron chi connectivity index (χ1n) is 6.52. The molecule has 1 aliphatic heterocycles. The highest BCUT2D eigenvalue weighted by Gasteiger charge is 2.27. The van der Waals surface area contributed by atoms with Crippen LogP contribution in [-0.4, -0.2) is 24.8 Å². The number of benzene rings is 1. The Balaban J connectivity index is 1.95. The summed E-state index contributed by atoms with van der Waals surface area (Å²) in [5.74, 6) is 0. The molecular weight excluding hydrogens is 210 g/mol. The minimum Gasteiger partial charge on any atom is -0.378 e. The Kier molecular flexibility index (Phi) is 3.85. The second kappa shape index (κ2) is 5.19. The molecule has 2 rings (SSSR count). The number of hydrogen-bond donors (Lipinski definition) is 1. The third-order valence-electron chi connectivity index (χ3n) is 3.29. The van der Waals surface area contributed by atoms with Crippen molar-refractivity contribution in [1.82, 2.24) is 5.32 Å². The second-order valence-corrected chi connectivity index (χ2v) is 5.61. The van der Waals surface area contributed by atoms with Gasteiger partial charge in [-0.15, -0.1) is 0 Å².